The highest BCUT2D eigenvalue weighted by Gasteiger charge is 2.09. The van der Waals surface area contributed by atoms with E-state index in [2.05, 4.69) is 4.98 Å². The van der Waals surface area contributed by atoms with Gasteiger partial charge in [0, 0.05) is 6.07 Å². The lowest BCUT2D eigenvalue weighted by Gasteiger charge is -2.07. The molecule has 0 saturated heterocycles. The number of nitrogens with two attached hydrogens (primary N) is 1. The zero-order valence-corrected chi connectivity index (χ0v) is 8.15. The van der Waals surface area contributed by atoms with Gasteiger partial charge >= 0.3 is 0 Å². The molecule has 2 N–H and O–H groups in total. The van der Waals surface area contributed by atoms with Crippen molar-refractivity contribution >= 4 is 5.69 Å². The van der Waals surface area contributed by atoms with Crippen molar-refractivity contribution in [2.45, 2.75) is 0 Å². The van der Waals surface area contributed by atoms with Gasteiger partial charge in [0.1, 0.15) is 5.82 Å². The fourth-order valence-corrected chi connectivity index (χ4v) is 1.16. The Morgan fingerprint density at radius 1 is 1.12 bits per heavy atom. The first-order valence-electron chi connectivity index (χ1n) is 4.50. The molecular formula is C11H8F2N2O. The average molecular weight is 222 g/mol. The van der Waals surface area contributed by atoms with E-state index in [-0.39, 0.29) is 17.3 Å². The van der Waals surface area contributed by atoms with E-state index in [1.54, 1.807) is 0 Å². The van der Waals surface area contributed by atoms with E-state index in [0.717, 1.165) is 6.20 Å². The SMILES string of the molecule is Nc1cccc(F)c1Oc1ccc(F)cn1. The number of nitrogen functional groups attached to an aromatic ring is 1. The minimum Gasteiger partial charge on any atom is -0.434 e. The predicted octanol–water partition coefficient (Wildman–Crippen LogP) is 2.73. The largest absolute Gasteiger partial charge is 0.434 e. The molecule has 0 bridgehead atoms. The topological polar surface area (TPSA) is 48.1 Å². The molecule has 1 aromatic carbocycles. The van der Waals surface area contributed by atoms with Crippen molar-refractivity contribution < 1.29 is 13.5 Å². The number of nitrogens with zero attached hydrogens (tertiary/aromatic N) is 1. The van der Waals surface area contributed by atoms with Gasteiger partial charge in [-0.25, -0.2) is 13.8 Å². The van der Waals surface area contributed by atoms with Crippen molar-refractivity contribution in [2.75, 3.05) is 5.73 Å². The molecule has 1 aromatic heterocycles. The van der Waals surface area contributed by atoms with Crippen molar-refractivity contribution in [3.63, 3.8) is 0 Å². The first-order chi connectivity index (χ1) is 7.66. The molecule has 2 aromatic rings. The Bertz CT molecular complexity index is 480. The number of halogens is 2. The van der Waals surface area contributed by atoms with Crippen LogP contribution in [0.15, 0.2) is 36.5 Å². The van der Waals surface area contributed by atoms with Gasteiger partial charge in [-0.2, -0.15) is 0 Å². The summed E-state index contributed by atoms with van der Waals surface area (Å²) in [4.78, 5) is 3.64. The highest BCUT2D eigenvalue weighted by molar-refractivity contribution is 5.53. The fraction of sp³-hybridized carbons (Fsp3) is 0. The maximum atomic E-state index is 13.3. The molecule has 16 heavy (non-hydrogen) atoms. The van der Waals surface area contributed by atoms with Gasteiger partial charge in [-0.15, -0.1) is 0 Å². The van der Waals surface area contributed by atoms with Gasteiger partial charge in [-0.1, -0.05) is 6.07 Å². The maximum Gasteiger partial charge on any atom is 0.219 e. The highest BCUT2D eigenvalue weighted by atomic mass is 19.1. The number of hydrogen-bond donors (Lipinski definition) is 1. The van der Waals surface area contributed by atoms with Crippen LogP contribution in [-0.2, 0) is 0 Å². The van der Waals surface area contributed by atoms with E-state index in [1.165, 1.54) is 30.3 Å². The number of aromatic nitrogens is 1. The van der Waals surface area contributed by atoms with Crippen LogP contribution in [0.3, 0.4) is 0 Å². The van der Waals surface area contributed by atoms with Crippen LogP contribution in [0.25, 0.3) is 0 Å². The number of pyridine rings is 1. The lowest BCUT2D eigenvalue weighted by atomic mass is 10.3. The summed E-state index contributed by atoms with van der Waals surface area (Å²) in [6.07, 6.45) is 0.979. The Kier molecular flexibility index (Phi) is 2.68. The van der Waals surface area contributed by atoms with E-state index < -0.39 is 11.6 Å². The van der Waals surface area contributed by atoms with Crippen LogP contribution >= 0.6 is 0 Å². The zero-order chi connectivity index (χ0) is 11.5. The summed E-state index contributed by atoms with van der Waals surface area (Å²) in [5, 5.41) is 0. The molecular weight excluding hydrogens is 214 g/mol. The molecule has 3 nitrogen and oxygen atoms in total. The van der Waals surface area contributed by atoms with E-state index in [9.17, 15) is 8.78 Å². The molecule has 0 aliphatic carbocycles. The molecule has 5 heteroatoms. The van der Waals surface area contributed by atoms with E-state index in [1.807, 2.05) is 0 Å². The summed E-state index contributed by atoms with van der Waals surface area (Å²) in [6.45, 7) is 0. The number of benzene rings is 1. The van der Waals surface area contributed by atoms with Gasteiger partial charge in [0.25, 0.3) is 0 Å². The van der Waals surface area contributed by atoms with Crippen molar-refractivity contribution in [1.82, 2.24) is 4.98 Å². The van der Waals surface area contributed by atoms with Crippen LogP contribution in [0.2, 0.25) is 0 Å². The molecule has 0 aliphatic heterocycles. The van der Waals surface area contributed by atoms with Crippen molar-refractivity contribution in [2.24, 2.45) is 0 Å². The molecule has 0 atom stereocenters. The Morgan fingerprint density at radius 3 is 2.56 bits per heavy atom. The first-order valence-corrected chi connectivity index (χ1v) is 4.50. The summed E-state index contributed by atoms with van der Waals surface area (Å²) < 4.78 is 31.0. The van der Waals surface area contributed by atoms with Crippen LogP contribution in [0, 0.1) is 11.6 Å². The second-order valence-corrected chi connectivity index (χ2v) is 3.07. The fourth-order valence-electron chi connectivity index (χ4n) is 1.16. The number of ether oxygens (including phenoxy) is 1. The second kappa shape index (κ2) is 4.14. The molecule has 0 saturated carbocycles. The third-order valence-corrected chi connectivity index (χ3v) is 1.90. The summed E-state index contributed by atoms with van der Waals surface area (Å²) in [5.74, 6) is -1.11. The Balaban J connectivity index is 2.30. The Morgan fingerprint density at radius 2 is 1.94 bits per heavy atom. The molecule has 0 radical (unpaired) electrons. The van der Waals surface area contributed by atoms with E-state index in [0.29, 0.717) is 0 Å². The summed E-state index contributed by atoms with van der Waals surface area (Å²) >= 11 is 0. The number of hydrogen-bond acceptors (Lipinski definition) is 3. The Hall–Kier alpha value is -2.17. The molecule has 82 valence electrons. The average Bonchev–Trinajstić information content (AvgIpc) is 2.26. The molecule has 0 amide bonds. The van der Waals surface area contributed by atoms with Crippen molar-refractivity contribution in [3.05, 3.63) is 48.2 Å². The minimum atomic E-state index is -0.592. The molecule has 0 aliphatic rings. The lowest BCUT2D eigenvalue weighted by Crippen LogP contribution is -1.96. The molecule has 2 rings (SSSR count). The van der Waals surface area contributed by atoms with Gasteiger partial charge in [-0.3, -0.25) is 0 Å². The molecule has 0 unspecified atom stereocenters. The highest BCUT2D eigenvalue weighted by Crippen LogP contribution is 2.28. The normalized spacial score (nSPS) is 10.1. The Labute approximate surface area is 90.5 Å². The molecule has 1 heterocycles. The van der Waals surface area contributed by atoms with E-state index >= 15 is 0 Å². The van der Waals surface area contributed by atoms with Crippen LogP contribution in [0.5, 0.6) is 11.6 Å². The summed E-state index contributed by atoms with van der Waals surface area (Å²) in [5.41, 5.74) is 5.69. The van der Waals surface area contributed by atoms with Gasteiger partial charge in [0.15, 0.2) is 11.6 Å². The maximum absolute atomic E-state index is 13.3. The van der Waals surface area contributed by atoms with Crippen LogP contribution < -0.4 is 10.5 Å². The standard InChI is InChI=1S/C11H8F2N2O/c12-7-4-5-10(15-6-7)16-11-8(13)2-1-3-9(11)14/h1-6H,14H2. The monoisotopic (exact) mass is 222 g/mol. The molecule has 0 fully saturated rings. The molecule has 0 spiro atoms. The summed E-state index contributed by atoms with van der Waals surface area (Å²) in [7, 11) is 0. The van der Waals surface area contributed by atoms with Crippen molar-refractivity contribution in [1.29, 1.82) is 0 Å². The number of para-hydroxylation sites is 1. The van der Waals surface area contributed by atoms with Crippen LogP contribution in [-0.4, -0.2) is 4.98 Å². The predicted molar refractivity (Wildman–Crippen MR) is 55.1 cm³/mol. The van der Waals surface area contributed by atoms with Crippen molar-refractivity contribution in [3.8, 4) is 11.6 Å². The quantitative estimate of drug-likeness (QED) is 0.795. The van der Waals surface area contributed by atoms with Crippen LogP contribution in [0.4, 0.5) is 14.5 Å². The minimum absolute atomic E-state index is 0.0817. The first kappa shape index (κ1) is 10.4. The van der Waals surface area contributed by atoms with Gasteiger partial charge < -0.3 is 10.5 Å². The second-order valence-electron chi connectivity index (χ2n) is 3.07. The van der Waals surface area contributed by atoms with Gasteiger partial charge in [-0.05, 0) is 18.2 Å². The number of anilines is 1. The lowest BCUT2D eigenvalue weighted by molar-refractivity contribution is 0.427. The third kappa shape index (κ3) is 2.08. The zero-order valence-electron chi connectivity index (χ0n) is 8.15. The van der Waals surface area contributed by atoms with Gasteiger partial charge in [0.2, 0.25) is 5.88 Å². The van der Waals surface area contributed by atoms with Crippen LogP contribution in [0.1, 0.15) is 0 Å². The summed E-state index contributed by atoms with van der Waals surface area (Å²) in [6, 6.07) is 6.65. The third-order valence-electron chi connectivity index (χ3n) is 1.90. The smallest absolute Gasteiger partial charge is 0.219 e. The number of rotatable bonds is 2. The van der Waals surface area contributed by atoms with E-state index in [4.69, 9.17) is 10.5 Å². The van der Waals surface area contributed by atoms with Gasteiger partial charge in [0.05, 0.1) is 11.9 Å².